The maximum Gasteiger partial charge on any atom is 0.573 e. The summed E-state index contributed by atoms with van der Waals surface area (Å²) in [7, 11) is 0. The van der Waals surface area contributed by atoms with Gasteiger partial charge < -0.3 is 9.30 Å². The third-order valence-electron chi connectivity index (χ3n) is 4.88. The average molecular weight is 380 g/mol. The van der Waals surface area contributed by atoms with Gasteiger partial charge >= 0.3 is 6.36 Å². The minimum atomic E-state index is -4.71. The summed E-state index contributed by atoms with van der Waals surface area (Å²) in [5, 5.41) is 0. The van der Waals surface area contributed by atoms with Crippen LogP contribution in [0.2, 0.25) is 0 Å². The number of aromatic nitrogens is 1. The van der Waals surface area contributed by atoms with Gasteiger partial charge in [-0.15, -0.1) is 13.2 Å². The molecule has 0 radical (unpaired) electrons. The second-order valence-electron chi connectivity index (χ2n) is 6.92. The Kier molecular flexibility index (Phi) is 5.60. The molecular weight excluding hydrogens is 357 g/mol. The van der Waals surface area contributed by atoms with Crippen molar-refractivity contribution in [2.75, 3.05) is 19.6 Å². The van der Waals surface area contributed by atoms with Gasteiger partial charge in [-0.2, -0.15) is 0 Å². The highest BCUT2D eigenvalue weighted by Gasteiger charge is 2.31. The van der Waals surface area contributed by atoms with Gasteiger partial charge in [0.1, 0.15) is 5.75 Å². The van der Waals surface area contributed by atoms with Crippen LogP contribution in [0.1, 0.15) is 41.0 Å². The number of carbonyl (C=O) groups is 1. The molecule has 0 atom stereocenters. The number of rotatable bonds is 5. The number of benzene rings is 1. The zero-order chi connectivity index (χ0) is 19.6. The van der Waals surface area contributed by atoms with Gasteiger partial charge in [-0.25, -0.2) is 0 Å². The molecule has 7 heteroatoms. The molecule has 0 unspecified atom stereocenters. The summed E-state index contributed by atoms with van der Waals surface area (Å²) < 4.78 is 42.7. The fourth-order valence-corrected chi connectivity index (χ4v) is 3.65. The summed E-state index contributed by atoms with van der Waals surface area (Å²) in [6.07, 6.45) is -1.25. The molecule has 4 nitrogen and oxygen atoms in total. The molecule has 1 saturated heterocycles. The van der Waals surface area contributed by atoms with Crippen LogP contribution in [0, 0.1) is 13.8 Å². The smallest absolute Gasteiger partial charge is 0.406 e. The summed E-state index contributed by atoms with van der Waals surface area (Å²) in [6, 6.07) is 7.51. The number of carbonyl (C=O) groups excluding carboxylic acids is 1. The van der Waals surface area contributed by atoms with Crippen molar-refractivity contribution in [3.05, 3.63) is 47.3 Å². The summed E-state index contributed by atoms with van der Waals surface area (Å²) in [6.45, 7) is 6.04. The van der Waals surface area contributed by atoms with E-state index < -0.39 is 6.36 Å². The Hall–Kier alpha value is -2.28. The Morgan fingerprint density at radius 3 is 2.30 bits per heavy atom. The van der Waals surface area contributed by atoms with E-state index in [1.54, 1.807) is 12.1 Å². The van der Waals surface area contributed by atoms with Crippen molar-refractivity contribution >= 4 is 5.78 Å². The van der Waals surface area contributed by atoms with Crippen molar-refractivity contribution in [2.24, 2.45) is 0 Å². The summed E-state index contributed by atoms with van der Waals surface area (Å²) >= 11 is 0. The van der Waals surface area contributed by atoms with Crippen LogP contribution in [0.15, 0.2) is 30.3 Å². The standard InChI is InChI=1S/C20H23F3N2O2/c1-14-12-18(19(26)13-24-10-4-3-5-11-24)15(2)25(14)16-6-8-17(9-7-16)27-20(21,22)23/h6-9,12H,3-5,10-11,13H2,1-2H3. The zero-order valence-corrected chi connectivity index (χ0v) is 15.5. The third-order valence-corrected chi connectivity index (χ3v) is 4.88. The van der Waals surface area contributed by atoms with Crippen LogP contribution in [-0.2, 0) is 0 Å². The van der Waals surface area contributed by atoms with Crippen LogP contribution in [0.25, 0.3) is 5.69 Å². The largest absolute Gasteiger partial charge is 0.573 e. The first-order chi connectivity index (χ1) is 12.7. The van der Waals surface area contributed by atoms with Crippen molar-refractivity contribution in [1.29, 1.82) is 0 Å². The molecule has 0 N–H and O–H groups in total. The lowest BCUT2D eigenvalue weighted by atomic mass is 10.1. The normalized spacial score (nSPS) is 15.7. The highest BCUT2D eigenvalue weighted by Crippen LogP contribution is 2.26. The maximum atomic E-state index is 12.7. The maximum absolute atomic E-state index is 12.7. The van der Waals surface area contributed by atoms with Crippen molar-refractivity contribution < 1.29 is 22.7 Å². The topological polar surface area (TPSA) is 34.5 Å². The Balaban J connectivity index is 1.79. The van der Waals surface area contributed by atoms with Gasteiger partial charge in [0.05, 0.1) is 6.54 Å². The van der Waals surface area contributed by atoms with Crippen LogP contribution in [-0.4, -0.2) is 41.2 Å². The van der Waals surface area contributed by atoms with E-state index in [1.807, 2.05) is 24.5 Å². The lowest BCUT2D eigenvalue weighted by Gasteiger charge is -2.25. The van der Waals surface area contributed by atoms with E-state index in [0.29, 0.717) is 17.8 Å². The second kappa shape index (κ2) is 7.76. The minimum absolute atomic E-state index is 0.0771. The number of halogens is 3. The molecule has 0 bridgehead atoms. The lowest BCUT2D eigenvalue weighted by molar-refractivity contribution is -0.274. The third kappa shape index (κ3) is 4.71. The van der Waals surface area contributed by atoms with Gasteiger partial charge in [-0.05, 0) is 70.1 Å². The van der Waals surface area contributed by atoms with Gasteiger partial charge in [-0.1, -0.05) is 6.42 Å². The van der Waals surface area contributed by atoms with Crippen molar-refractivity contribution in [3.8, 4) is 11.4 Å². The summed E-state index contributed by atoms with van der Waals surface area (Å²) in [4.78, 5) is 14.9. The molecule has 1 aromatic heterocycles. The van der Waals surface area contributed by atoms with Crippen LogP contribution in [0.4, 0.5) is 13.2 Å². The molecule has 27 heavy (non-hydrogen) atoms. The molecule has 0 amide bonds. The van der Waals surface area contributed by atoms with Crippen molar-refractivity contribution in [1.82, 2.24) is 9.47 Å². The number of likely N-dealkylation sites (tertiary alicyclic amines) is 1. The Bertz CT molecular complexity index is 804. The average Bonchev–Trinajstić information content (AvgIpc) is 2.90. The first-order valence-electron chi connectivity index (χ1n) is 9.05. The van der Waals surface area contributed by atoms with Crippen LogP contribution >= 0.6 is 0 Å². The lowest BCUT2D eigenvalue weighted by Crippen LogP contribution is -2.34. The number of piperidine rings is 1. The summed E-state index contributed by atoms with van der Waals surface area (Å²) in [5.41, 5.74) is 3.00. The van der Waals surface area contributed by atoms with Gasteiger partial charge in [-0.3, -0.25) is 9.69 Å². The molecule has 0 saturated carbocycles. The number of Topliss-reactive ketones (excluding diaryl/α,β-unsaturated/α-hetero) is 1. The molecule has 3 rings (SSSR count). The molecule has 0 aliphatic carbocycles. The Labute approximate surface area is 156 Å². The predicted molar refractivity (Wildman–Crippen MR) is 96.5 cm³/mol. The monoisotopic (exact) mass is 380 g/mol. The van der Waals surface area contributed by atoms with E-state index in [-0.39, 0.29) is 11.5 Å². The quantitative estimate of drug-likeness (QED) is 0.708. The number of alkyl halides is 3. The van der Waals surface area contributed by atoms with Gasteiger partial charge in [0.25, 0.3) is 0 Å². The molecule has 1 aliphatic heterocycles. The van der Waals surface area contributed by atoms with Gasteiger partial charge in [0.15, 0.2) is 5.78 Å². The van der Waals surface area contributed by atoms with E-state index in [2.05, 4.69) is 9.64 Å². The first-order valence-corrected chi connectivity index (χ1v) is 9.05. The highest BCUT2D eigenvalue weighted by atomic mass is 19.4. The molecule has 146 valence electrons. The number of nitrogens with zero attached hydrogens (tertiary/aromatic N) is 2. The molecule has 0 spiro atoms. The highest BCUT2D eigenvalue weighted by molar-refractivity contribution is 5.99. The molecule has 1 fully saturated rings. The molecule has 1 aromatic carbocycles. The molecule has 2 heterocycles. The molecule has 2 aromatic rings. The van der Waals surface area contributed by atoms with E-state index in [9.17, 15) is 18.0 Å². The Morgan fingerprint density at radius 2 is 1.70 bits per heavy atom. The fraction of sp³-hybridized carbons (Fsp3) is 0.450. The zero-order valence-electron chi connectivity index (χ0n) is 15.5. The molecule has 1 aliphatic rings. The van der Waals surface area contributed by atoms with Crippen LogP contribution in [0.3, 0.4) is 0 Å². The minimum Gasteiger partial charge on any atom is -0.406 e. The van der Waals surface area contributed by atoms with Crippen molar-refractivity contribution in [3.63, 3.8) is 0 Å². The van der Waals surface area contributed by atoms with Crippen LogP contribution < -0.4 is 4.74 Å². The number of hydrogen-bond acceptors (Lipinski definition) is 3. The number of aryl methyl sites for hydroxylation is 1. The van der Waals surface area contributed by atoms with E-state index in [1.165, 1.54) is 18.6 Å². The Morgan fingerprint density at radius 1 is 1.07 bits per heavy atom. The second-order valence-corrected chi connectivity index (χ2v) is 6.92. The van der Waals surface area contributed by atoms with Gasteiger partial charge in [0.2, 0.25) is 0 Å². The van der Waals surface area contributed by atoms with Crippen molar-refractivity contribution in [2.45, 2.75) is 39.5 Å². The first kappa shape index (κ1) is 19.5. The SMILES string of the molecule is Cc1cc(C(=O)CN2CCCCC2)c(C)n1-c1ccc(OC(F)(F)F)cc1. The summed E-state index contributed by atoms with van der Waals surface area (Å²) in [5.74, 6) is -0.191. The van der Waals surface area contributed by atoms with E-state index in [4.69, 9.17) is 0 Å². The molecular formula is C20H23F3N2O2. The van der Waals surface area contributed by atoms with Crippen LogP contribution in [0.5, 0.6) is 5.75 Å². The number of hydrogen-bond donors (Lipinski definition) is 0. The van der Waals surface area contributed by atoms with E-state index >= 15 is 0 Å². The van der Waals surface area contributed by atoms with Gasteiger partial charge in [0, 0.05) is 22.6 Å². The fourth-order valence-electron chi connectivity index (χ4n) is 3.65. The number of ketones is 1. The predicted octanol–water partition coefficient (Wildman–Crippen LogP) is 4.66. The van der Waals surface area contributed by atoms with E-state index in [0.717, 1.165) is 37.3 Å². The number of ether oxygens (including phenoxy) is 1.